The molecule has 2 heterocycles. The van der Waals surface area contributed by atoms with Crippen molar-refractivity contribution in [2.75, 3.05) is 37.6 Å². The topological polar surface area (TPSA) is 113 Å². The summed E-state index contributed by atoms with van der Waals surface area (Å²) in [7, 11) is -3.78. The van der Waals surface area contributed by atoms with Gasteiger partial charge in [-0.05, 0) is 79.8 Å². The van der Waals surface area contributed by atoms with Crippen LogP contribution < -0.4 is 15.4 Å². The van der Waals surface area contributed by atoms with Crippen LogP contribution in [0.4, 0.5) is 5.69 Å². The lowest BCUT2D eigenvalue weighted by molar-refractivity contribution is 0.0780. The number of carbonyl (C=O) groups is 2. The summed E-state index contributed by atoms with van der Waals surface area (Å²) in [6, 6.07) is 20.2. The molecule has 2 aliphatic rings. The van der Waals surface area contributed by atoms with E-state index in [1.165, 1.54) is 35.5 Å². The summed E-state index contributed by atoms with van der Waals surface area (Å²) >= 11 is 0. The van der Waals surface area contributed by atoms with Crippen molar-refractivity contribution < 1.29 is 18.0 Å². The summed E-state index contributed by atoms with van der Waals surface area (Å²) in [5, 5.41) is 8.00. The molecule has 9 heteroatoms. The third kappa shape index (κ3) is 6.05. The maximum atomic E-state index is 13.3. The van der Waals surface area contributed by atoms with E-state index in [9.17, 15) is 18.0 Å². The van der Waals surface area contributed by atoms with E-state index in [0.717, 1.165) is 55.7 Å². The van der Waals surface area contributed by atoms with Crippen LogP contribution in [0.5, 0.6) is 0 Å². The molecule has 0 aliphatic carbocycles. The Morgan fingerprint density at radius 3 is 2.15 bits per heavy atom. The average molecular weight is 561 g/mol. The Morgan fingerprint density at radius 1 is 0.900 bits per heavy atom. The molecule has 3 aromatic rings. The van der Waals surface area contributed by atoms with Crippen LogP contribution >= 0.6 is 0 Å². The smallest absolute Gasteiger partial charge is 0.254 e. The van der Waals surface area contributed by atoms with Crippen LogP contribution in [0.15, 0.2) is 71.6 Å². The van der Waals surface area contributed by atoms with Crippen molar-refractivity contribution in [2.45, 2.75) is 31.6 Å². The zero-order chi connectivity index (χ0) is 28.4. The minimum absolute atomic E-state index is 0.0197. The van der Waals surface area contributed by atoms with Gasteiger partial charge in [-0.3, -0.25) is 9.59 Å². The number of sulfonamides is 1. The van der Waals surface area contributed by atoms with Crippen LogP contribution in [0.25, 0.3) is 0 Å². The first kappa shape index (κ1) is 27.9. The summed E-state index contributed by atoms with van der Waals surface area (Å²) in [5.74, 6) is 0.868. The van der Waals surface area contributed by atoms with Gasteiger partial charge in [0, 0.05) is 61.4 Å². The van der Waals surface area contributed by atoms with Gasteiger partial charge in [0.1, 0.15) is 0 Å². The van der Waals surface area contributed by atoms with Crippen LogP contribution in [-0.2, 0) is 16.4 Å². The molecule has 5 rings (SSSR count). The van der Waals surface area contributed by atoms with Crippen molar-refractivity contribution in [1.29, 1.82) is 0 Å². The highest BCUT2D eigenvalue weighted by molar-refractivity contribution is 7.89. The Bertz CT molecular complexity index is 1490. The first-order valence-corrected chi connectivity index (χ1v) is 15.3. The Hall–Kier alpha value is -3.69. The lowest BCUT2D eigenvalue weighted by Gasteiger charge is -2.24. The monoisotopic (exact) mass is 560 g/mol. The molecule has 3 N–H and O–H groups in total. The number of hydrogen-bond acceptors (Lipinski definition) is 5. The van der Waals surface area contributed by atoms with Gasteiger partial charge in [-0.25, -0.2) is 13.6 Å². The number of nitrogens with one attached hydrogen (secondary N) is 1. The summed E-state index contributed by atoms with van der Waals surface area (Å²) in [6.45, 7) is 8.04. The standard InChI is InChI=1S/C31H36N4O4S/c1-21-6-3-7-22(2)29(21)31(37)35-19-25-17-34(18-26(25)20-35)27-10-4-8-23(16-27)9-5-15-33-30(36)24-11-13-28(14-12-24)40(32,38)39/h3-4,6-8,10-14,16,25-26H,5,9,15,17-20H2,1-2H3,(H,33,36)(H2,32,38,39). The number of nitrogens with two attached hydrogens (primary N) is 1. The van der Waals surface area contributed by atoms with Gasteiger partial charge < -0.3 is 15.1 Å². The maximum absolute atomic E-state index is 13.3. The van der Waals surface area contributed by atoms with E-state index >= 15 is 0 Å². The van der Waals surface area contributed by atoms with Gasteiger partial charge in [-0.15, -0.1) is 0 Å². The minimum atomic E-state index is -3.78. The normalized spacial score (nSPS) is 18.6. The summed E-state index contributed by atoms with van der Waals surface area (Å²) in [4.78, 5) is 30.1. The Kier molecular flexibility index (Phi) is 7.96. The van der Waals surface area contributed by atoms with Crippen LogP contribution in [0, 0.1) is 25.7 Å². The van der Waals surface area contributed by atoms with Crippen molar-refractivity contribution >= 4 is 27.5 Å². The maximum Gasteiger partial charge on any atom is 0.254 e. The van der Waals surface area contributed by atoms with Crippen molar-refractivity contribution in [1.82, 2.24) is 10.2 Å². The lowest BCUT2D eigenvalue weighted by atomic mass is 10.0. The quantitative estimate of drug-likeness (QED) is 0.410. The SMILES string of the molecule is Cc1cccc(C)c1C(=O)N1CC2CN(c3cccc(CCCNC(=O)c4ccc(S(N)(=O)=O)cc4)c3)CC2C1. The number of carbonyl (C=O) groups excluding carboxylic acids is 2. The van der Waals surface area contributed by atoms with Gasteiger partial charge in [0.2, 0.25) is 10.0 Å². The first-order valence-electron chi connectivity index (χ1n) is 13.7. The Balaban J connectivity index is 1.10. The molecular formula is C31H36N4O4S. The van der Waals surface area contributed by atoms with Gasteiger partial charge in [0.05, 0.1) is 4.90 Å². The highest BCUT2D eigenvalue weighted by atomic mass is 32.2. The Morgan fingerprint density at radius 2 is 1.52 bits per heavy atom. The summed E-state index contributed by atoms with van der Waals surface area (Å²) < 4.78 is 22.8. The molecule has 2 unspecified atom stereocenters. The third-order valence-electron chi connectivity index (χ3n) is 8.12. The second-order valence-electron chi connectivity index (χ2n) is 11.0. The third-order valence-corrected chi connectivity index (χ3v) is 9.05. The van der Waals surface area contributed by atoms with Crippen LogP contribution in [0.3, 0.4) is 0 Å². The van der Waals surface area contributed by atoms with Crippen molar-refractivity contribution in [2.24, 2.45) is 17.0 Å². The van der Waals surface area contributed by atoms with Crippen molar-refractivity contribution in [3.63, 3.8) is 0 Å². The second-order valence-corrected chi connectivity index (χ2v) is 12.6. The summed E-state index contributed by atoms with van der Waals surface area (Å²) in [5.41, 5.74) is 5.75. The number of fused-ring (bicyclic) bond motifs is 1. The second kappa shape index (κ2) is 11.4. The molecule has 0 aromatic heterocycles. The molecule has 0 radical (unpaired) electrons. The predicted molar refractivity (Wildman–Crippen MR) is 156 cm³/mol. The van der Waals surface area contributed by atoms with Gasteiger partial charge in [0.25, 0.3) is 11.8 Å². The molecule has 40 heavy (non-hydrogen) atoms. The largest absolute Gasteiger partial charge is 0.371 e. The Labute approximate surface area is 236 Å². The number of primary sulfonamides is 1. The van der Waals surface area contributed by atoms with Gasteiger partial charge in [-0.1, -0.05) is 30.3 Å². The number of rotatable bonds is 8. The fourth-order valence-corrected chi connectivity index (χ4v) is 6.50. The van der Waals surface area contributed by atoms with E-state index in [-0.39, 0.29) is 16.7 Å². The molecule has 2 aliphatic heterocycles. The number of nitrogens with zero attached hydrogens (tertiary/aromatic N) is 2. The fourth-order valence-electron chi connectivity index (χ4n) is 5.98. The molecule has 0 spiro atoms. The molecule has 2 saturated heterocycles. The number of benzene rings is 3. The molecule has 2 amide bonds. The zero-order valence-corrected chi connectivity index (χ0v) is 23.8. The van der Waals surface area contributed by atoms with E-state index in [1.807, 2.05) is 36.9 Å². The summed E-state index contributed by atoms with van der Waals surface area (Å²) in [6.07, 6.45) is 1.61. The van der Waals surface area contributed by atoms with E-state index < -0.39 is 10.0 Å². The van der Waals surface area contributed by atoms with E-state index in [4.69, 9.17) is 5.14 Å². The highest BCUT2D eigenvalue weighted by Crippen LogP contribution is 2.35. The number of amides is 2. The van der Waals surface area contributed by atoms with E-state index in [0.29, 0.717) is 23.9 Å². The van der Waals surface area contributed by atoms with E-state index in [2.05, 4.69) is 34.5 Å². The fraction of sp³-hybridized carbons (Fsp3) is 0.355. The van der Waals surface area contributed by atoms with Crippen molar-refractivity contribution in [3.05, 3.63) is 94.5 Å². The molecule has 0 bridgehead atoms. The minimum Gasteiger partial charge on any atom is -0.371 e. The predicted octanol–water partition coefficient (Wildman–Crippen LogP) is 3.52. The molecule has 2 atom stereocenters. The molecule has 0 saturated carbocycles. The van der Waals surface area contributed by atoms with Crippen LogP contribution in [-0.4, -0.2) is 57.9 Å². The van der Waals surface area contributed by atoms with E-state index in [1.54, 1.807) is 0 Å². The molecule has 210 valence electrons. The molecule has 2 fully saturated rings. The van der Waals surface area contributed by atoms with Gasteiger partial charge >= 0.3 is 0 Å². The number of hydrogen-bond donors (Lipinski definition) is 2. The van der Waals surface area contributed by atoms with Crippen molar-refractivity contribution in [3.8, 4) is 0 Å². The number of aryl methyl sites for hydroxylation is 3. The van der Waals surface area contributed by atoms with Gasteiger partial charge in [-0.2, -0.15) is 0 Å². The van der Waals surface area contributed by atoms with Gasteiger partial charge in [0.15, 0.2) is 0 Å². The zero-order valence-electron chi connectivity index (χ0n) is 23.0. The molecular weight excluding hydrogens is 524 g/mol. The lowest BCUT2D eigenvalue weighted by Crippen LogP contribution is -2.34. The van der Waals surface area contributed by atoms with Crippen LogP contribution in [0.2, 0.25) is 0 Å². The highest BCUT2D eigenvalue weighted by Gasteiger charge is 2.42. The average Bonchev–Trinajstić information content (AvgIpc) is 3.51. The van der Waals surface area contributed by atoms with Crippen LogP contribution in [0.1, 0.15) is 43.8 Å². The molecule has 3 aromatic carbocycles. The first-order chi connectivity index (χ1) is 19.1. The number of likely N-dealkylation sites (tertiary alicyclic amines) is 1. The number of anilines is 1. The molecule has 8 nitrogen and oxygen atoms in total.